The van der Waals surface area contributed by atoms with Gasteiger partial charge in [0, 0.05) is 0 Å². The van der Waals surface area contributed by atoms with Crippen molar-refractivity contribution in [2.75, 3.05) is 0 Å². The summed E-state index contributed by atoms with van der Waals surface area (Å²) in [6.07, 6.45) is 5.97. The third kappa shape index (κ3) is 1.04. The van der Waals surface area contributed by atoms with Crippen molar-refractivity contribution in [1.29, 1.82) is 0 Å². The van der Waals surface area contributed by atoms with Crippen LogP contribution in [0.25, 0.3) is 0 Å². The van der Waals surface area contributed by atoms with Crippen LogP contribution >= 0.6 is 0 Å². The quantitative estimate of drug-likeness (QED) is 0.559. The highest BCUT2D eigenvalue weighted by Gasteiger charge is 2.72. The number of rotatable bonds is 1. The van der Waals surface area contributed by atoms with Gasteiger partial charge in [-0.1, -0.05) is 32.4 Å². The Balaban J connectivity index is 1.96. The third-order valence-electron chi connectivity index (χ3n) is 5.94. The van der Waals surface area contributed by atoms with Gasteiger partial charge in [0.15, 0.2) is 0 Å². The van der Waals surface area contributed by atoms with Crippen molar-refractivity contribution in [2.24, 2.45) is 35.0 Å². The van der Waals surface area contributed by atoms with E-state index in [2.05, 4.69) is 27.4 Å². The highest BCUT2D eigenvalue weighted by Crippen LogP contribution is 2.78. The van der Waals surface area contributed by atoms with Gasteiger partial charge in [-0.3, -0.25) is 0 Å². The first-order valence-corrected chi connectivity index (χ1v) is 6.74. The topological polar surface area (TPSA) is 0 Å². The van der Waals surface area contributed by atoms with Gasteiger partial charge in [0.25, 0.3) is 0 Å². The molecule has 0 aromatic rings. The lowest BCUT2D eigenvalue weighted by molar-refractivity contribution is 0.177. The molecule has 0 bridgehead atoms. The summed E-state index contributed by atoms with van der Waals surface area (Å²) >= 11 is 0. The summed E-state index contributed by atoms with van der Waals surface area (Å²) in [4.78, 5) is 0. The minimum absolute atomic E-state index is 0.739. The highest BCUT2D eigenvalue weighted by atomic mass is 14.8. The van der Waals surface area contributed by atoms with Crippen molar-refractivity contribution in [1.82, 2.24) is 0 Å². The second-order valence-electron chi connectivity index (χ2n) is 6.64. The molecule has 0 heteroatoms. The molecule has 0 N–H and O–H groups in total. The van der Waals surface area contributed by atoms with Crippen LogP contribution in [0.15, 0.2) is 12.2 Å². The minimum Gasteiger partial charge on any atom is -0.0998 e. The van der Waals surface area contributed by atoms with Crippen molar-refractivity contribution in [3.8, 4) is 0 Å². The van der Waals surface area contributed by atoms with Crippen LogP contribution in [0.5, 0.6) is 0 Å². The maximum absolute atomic E-state index is 4.26. The molecule has 0 nitrogen and oxygen atoms in total. The molecule has 3 rings (SSSR count). The maximum Gasteiger partial charge on any atom is -0.0110 e. The Hall–Kier alpha value is -0.260. The average Bonchev–Trinajstić information content (AvgIpc) is 2.76. The zero-order valence-corrected chi connectivity index (χ0v) is 10.4. The first-order valence-electron chi connectivity index (χ1n) is 6.74. The van der Waals surface area contributed by atoms with E-state index in [4.69, 9.17) is 0 Å². The summed E-state index contributed by atoms with van der Waals surface area (Å²) in [6, 6.07) is 0. The van der Waals surface area contributed by atoms with Crippen molar-refractivity contribution < 1.29 is 0 Å². The van der Waals surface area contributed by atoms with Gasteiger partial charge >= 0.3 is 0 Å². The van der Waals surface area contributed by atoms with Crippen LogP contribution in [0, 0.1) is 35.0 Å². The van der Waals surface area contributed by atoms with Crippen LogP contribution in [-0.4, -0.2) is 0 Å². The molecular weight excluding hydrogens is 180 g/mol. The van der Waals surface area contributed by atoms with Crippen LogP contribution in [0.4, 0.5) is 0 Å². The molecule has 1 spiro atoms. The molecule has 0 radical (unpaired) electrons. The Morgan fingerprint density at radius 2 is 1.87 bits per heavy atom. The second kappa shape index (κ2) is 2.90. The molecule has 0 unspecified atom stereocenters. The first kappa shape index (κ1) is 9.93. The lowest BCUT2D eigenvalue weighted by Crippen LogP contribution is -2.24. The van der Waals surface area contributed by atoms with E-state index in [9.17, 15) is 0 Å². The predicted molar refractivity (Wildman–Crippen MR) is 64.5 cm³/mol. The molecular formula is C15H24. The van der Waals surface area contributed by atoms with E-state index >= 15 is 0 Å². The van der Waals surface area contributed by atoms with Gasteiger partial charge in [-0.05, 0) is 61.2 Å². The largest absolute Gasteiger partial charge is 0.0998 e. The number of hydrogen-bond donors (Lipinski definition) is 0. The van der Waals surface area contributed by atoms with Gasteiger partial charge in [-0.25, -0.2) is 0 Å². The molecule has 0 aliphatic heterocycles. The van der Waals surface area contributed by atoms with Crippen molar-refractivity contribution in [2.45, 2.75) is 46.5 Å². The van der Waals surface area contributed by atoms with Gasteiger partial charge in [-0.15, -0.1) is 0 Å². The lowest BCUT2D eigenvalue weighted by Gasteiger charge is -2.31. The summed E-state index contributed by atoms with van der Waals surface area (Å²) in [5.41, 5.74) is 2.22. The molecule has 3 aliphatic carbocycles. The molecule has 6 atom stereocenters. The standard InChI is InChI=1S/C15H24/c1-9(2)13-14-11(4)5-6-12-10(3)7-8-15(12,13)14/h10-14H,1,5-8H2,2-4H3/t10-,11-,12+,13-,14+,15-/m0/s1. The highest BCUT2D eigenvalue weighted by molar-refractivity contribution is 5.28. The van der Waals surface area contributed by atoms with Crippen LogP contribution in [-0.2, 0) is 0 Å². The van der Waals surface area contributed by atoms with E-state index < -0.39 is 0 Å². The molecule has 0 saturated heterocycles. The monoisotopic (exact) mass is 204 g/mol. The summed E-state index contributed by atoms with van der Waals surface area (Å²) in [5.74, 6) is 4.90. The molecule has 3 fully saturated rings. The molecule has 0 aromatic carbocycles. The van der Waals surface area contributed by atoms with Crippen LogP contribution in [0.3, 0.4) is 0 Å². The number of allylic oxidation sites excluding steroid dienone is 1. The predicted octanol–water partition coefficient (Wildman–Crippen LogP) is 4.27. The van der Waals surface area contributed by atoms with Crippen molar-refractivity contribution in [3.63, 3.8) is 0 Å². The van der Waals surface area contributed by atoms with Gasteiger partial charge in [0.1, 0.15) is 0 Å². The summed E-state index contributed by atoms with van der Waals surface area (Å²) < 4.78 is 0. The second-order valence-corrected chi connectivity index (χ2v) is 6.64. The fourth-order valence-corrected chi connectivity index (χ4v) is 5.48. The Morgan fingerprint density at radius 1 is 1.13 bits per heavy atom. The smallest absolute Gasteiger partial charge is 0.0110 e. The normalized spacial score (nSPS) is 57.1. The Bertz CT molecular complexity index is 303. The van der Waals surface area contributed by atoms with Gasteiger partial charge in [0.05, 0.1) is 0 Å². The zero-order valence-electron chi connectivity index (χ0n) is 10.4. The Kier molecular flexibility index (Phi) is 1.92. The van der Waals surface area contributed by atoms with Gasteiger partial charge < -0.3 is 0 Å². The Labute approximate surface area is 94.1 Å². The van der Waals surface area contributed by atoms with Crippen molar-refractivity contribution >= 4 is 0 Å². The summed E-state index contributed by atoms with van der Waals surface area (Å²) in [6.45, 7) is 11.5. The van der Waals surface area contributed by atoms with E-state index in [0.29, 0.717) is 0 Å². The van der Waals surface area contributed by atoms with Crippen molar-refractivity contribution in [3.05, 3.63) is 12.2 Å². The van der Waals surface area contributed by atoms with E-state index in [1.807, 2.05) is 0 Å². The molecule has 3 aliphatic rings. The average molecular weight is 204 g/mol. The van der Waals surface area contributed by atoms with Gasteiger partial charge in [-0.2, -0.15) is 0 Å². The molecule has 84 valence electrons. The number of hydrogen-bond acceptors (Lipinski definition) is 0. The maximum atomic E-state index is 4.26. The van der Waals surface area contributed by atoms with E-state index in [1.165, 1.54) is 31.3 Å². The Morgan fingerprint density at radius 3 is 2.53 bits per heavy atom. The van der Waals surface area contributed by atoms with Crippen LogP contribution < -0.4 is 0 Å². The fourth-order valence-electron chi connectivity index (χ4n) is 5.48. The molecule has 0 aromatic heterocycles. The third-order valence-corrected chi connectivity index (χ3v) is 5.94. The molecule has 3 saturated carbocycles. The van der Waals surface area contributed by atoms with Crippen LogP contribution in [0.1, 0.15) is 46.5 Å². The first-order chi connectivity index (χ1) is 7.09. The molecule has 0 heterocycles. The summed E-state index contributed by atoms with van der Waals surface area (Å²) in [5, 5.41) is 0. The lowest BCUT2D eigenvalue weighted by atomic mass is 9.73. The minimum atomic E-state index is 0.739. The SMILES string of the molecule is C=C(C)[C@H]1[C@H]2[C@@H](C)CC[C@@H]3[C@@H](C)CC[C@]231. The van der Waals surface area contributed by atoms with E-state index in [0.717, 1.165) is 35.0 Å². The van der Waals surface area contributed by atoms with E-state index in [-0.39, 0.29) is 0 Å². The van der Waals surface area contributed by atoms with Crippen LogP contribution in [0.2, 0.25) is 0 Å². The fraction of sp³-hybridized carbons (Fsp3) is 0.867. The van der Waals surface area contributed by atoms with Gasteiger partial charge in [0.2, 0.25) is 0 Å². The zero-order chi connectivity index (χ0) is 10.8. The molecule has 0 amide bonds. The summed E-state index contributed by atoms with van der Waals surface area (Å²) in [7, 11) is 0. The molecule has 15 heavy (non-hydrogen) atoms. The van der Waals surface area contributed by atoms with E-state index in [1.54, 1.807) is 0 Å².